The molecule has 0 atom stereocenters. The van der Waals surface area contributed by atoms with Gasteiger partial charge in [-0.25, -0.2) is 0 Å². The van der Waals surface area contributed by atoms with Gasteiger partial charge in [-0.1, -0.05) is 108 Å². The minimum absolute atomic E-state index is 0. The van der Waals surface area contributed by atoms with Gasteiger partial charge in [0.05, 0.1) is 0 Å². The fourth-order valence-corrected chi connectivity index (χ4v) is 3.68. The van der Waals surface area contributed by atoms with Crippen molar-refractivity contribution in [3.63, 3.8) is 0 Å². The van der Waals surface area contributed by atoms with E-state index in [0.717, 1.165) is 0 Å². The van der Waals surface area contributed by atoms with Gasteiger partial charge in [-0.05, 0) is 62.5 Å². The van der Waals surface area contributed by atoms with Crippen molar-refractivity contribution in [1.29, 1.82) is 0 Å². The molecule has 0 nitrogen and oxygen atoms in total. The Morgan fingerprint density at radius 2 is 0.903 bits per heavy atom. The van der Waals surface area contributed by atoms with Gasteiger partial charge in [0.25, 0.3) is 0 Å². The molecule has 3 heteroatoms. The Kier molecular flexibility index (Phi) is 17.8. The number of hydrogen-bond acceptors (Lipinski definition) is 0. The zero-order chi connectivity index (χ0) is 19.3. The van der Waals surface area contributed by atoms with Crippen molar-refractivity contribution in [3.05, 3.63) is 119 Å². The first-order valence-corrected chi connectivity index (χ1v) is 10.7. The predicted octanol–water partition coefficient (Wildman–Crippen LogP) is 8.63. The molecule has 0 saturated carbocycles. The second-order valence-corrected chi connectivity index (χ2v) is 7.59. The molecule has 0 unspecified atom stereocenters. The van der Waals surface area contributed by atoms with Gasteiger partial charge in [0, 0.05) is 26.2 Å². The molecular formula is C28H34Cl2Zr. The molecule has 2 aliphatic rings. The minimum atomic E-state index is 0. The fraction of sp³-hybridized carbons (Fsp3) is 0.286. The second kappa shape index (κ2) is 18.4. The van der Waals surface area contributed by atoms with E-state index in [0.29, 0.717) is 0 Å². The van der Waals surface area contributed by atoms with Crippen LogP contribution in [0.4, 0.5) is 0 Å². The molecule has 0 spiro atoms. The summed E-state index contributed by atoms with van der Waals surface area (Å²) in [4.78, 5) is 0. The van der Waals surface area contributed by atoms with Crippen molar-refractivity contribution in [2.75, 3.05) is 0 Å². The minimum Gasteiger partial charge on any atom is -0.147 e. The van der Waals surface area contributed by atoms with Crippen LogP contribution in [0.25, 0.3) is 0 Å². The van der Waals surface area contributed by atoms with Gasteiger partial charge >= 0.3 is 0 Å². The number of rotatable bonds is 8. The largest absolute Gasteiger partial charge is 0.147 e. The third-order valence-corrected chi connectivity index (χ3v) is 5.31. The predicted molar refractivity (Wildman–Crippen MR) is 137 cm³/mol. The van der Waals surface area contributed by atoms with E-state index in [2.05, 4.69) is 97.1 Å². The molecule has 31 heavy (non-hydrogen) atoms. The molecule has 4 rings (SSSR count). The summed E-state index contributed by atoms with van der Waals surface area (Å²) in [5.41, 5.74) is 6.08. The quantitative estimate of drug-likeness (QED) is 0.319. The zero-order valence-electron chi connectivity index (χ0n) is 18.2. The Morgan fingerprint density at radius 3 is 1.23 bits per heavy atom. The van der Waals surface area contributed by atoms with E-state index in [1.165, 1.54) is 62.5 Å². The van der Waals surface area contributed by atoms with Gasteiger partial charge in [0.15, 0.2) is 0 Å². The van der Waals surface area contributed by atoms with Gasteiger partial charge in [-0.15, -0.1) is 24.8 Å². The van der Waals surface area contributed by atoms with E-state index in [1.54, 1.807) is 11.1 Å². The Bertz CT molecular complexity index is 749. The van der Waals surface area contributed by atoms with Crippen LogP contribution in [0.15, 0.2) is 108 Å². The summed E-state index contributed by atoms with van der Waals surface area (Å²) in [6, 6.07) is 21.5. The topological polar surface area (TPSA) is 0 Å². The smallest absolute Gasteiger partial charge is 0 e. The van der Waals surface area contributed by atoms with Crippen LogP contribution in [0, 0.1) is 0 Å². The molecule has 0 saturated heterocycles. The van der Waals surface area contributed by atoms with E-state index in [-0.39, 0.29) is 51.0 Å². The van der Waals surface area contributed by atoms with Crippen LogP contribution in [0.1, 0.15) is 49.7 Å². The molecule has 2 aromatic rings. The monoisotopic (exact) mass is 530 g/mol. The summed E-state index contributed by atoms with van der Waals surface area (Å²) in [5.74, 6) is 0. The van der Waals surface area contributed by atoms with Gasteiger partial charge in [0.2, 0.25) is 0 Å². The number of benzene rings is 2. The normalized spacial score (nSPS) is 13.0. The van der Waals surface area contributed by atoms with Crippen LogP contribution in [0.5, 0.6) is 0 Å². The maximum atomic E-state index is 2.25. The van der Waals surface area contributed by atoms with Crippen molar-refractivity contribution >= 4 is 24.8 Å². The van der Waals surface area contributed by atoms with Crippen molar-refractivity contribution in [3.8, 4) is 0 Å². The average molecular weight is 533 g/mol. The first kappa shape index (κ1) is 29.9. The average Bonchev–Trinajstić information content (AvgIpc) is 3.45. The van der Waals surface area contributed by atoms with Gasteiger partial charge in [-0.2, -0.15) is 0 Å². The van der Waals surface area contributed by atoms with Crippen molar-refractivity contribution < 1.29 is 26.2 Å². The number of aryl methyl sites for hydroxylation is 2. The first-order chi connectivity index (χ1) is 13.9. The van der Waals surface area contributed by atoms with Crippen LogP contribution in [-0.4, -0.2) is 0 Å². The maximum Gasteiger partial charge on any atom is 0 e. The van der Waals surface area contributed by atoms with Crippen molar-refractivity contribution in [1.82, 2.24) is 0 Å². The molecule has 164 valence electrons. The molecule has 0 bridgehead atoms. The van der Waals surface area contributed by atoms with Crippen LogP contribution in [0.3, 0.4) is 0 Å². The van der Waals surface area contributed by atoms with E-state index in [1.807, 2.05) is 0 Å². The van der Waals surface area contributed by atoms with Crippen LogP contribution < -0.4 is 0 Å². The number of hydrogen-bond donors (Lipinski definition) is 0. The zero-order valence-corrected chi connectivity index (χ0v) is 22.3. The maximum absolute atomic E-state index is 2.25. The second-order valence-electron chi connectivity index (χ2n) is 7.59. The Hall–Kier alpha value is -1.14. The molecule has 0 N–H and O–H groups in total. The molecule has 2 aromatic carbocycles. The van der Waals surface area contributed by atoms with Crippen molar-refractivity contribution in [2.24, 2.45) is 0 Å². The standard InChI is InChI=1S/2C14H16.2ClH.Zr/c2*1-2-7-13(8-3-1)11-6-12-14-9-4-5-10-14;;;/h2*1-5,7-9H,6,10-12H2;2*1H;. The van der Waals surface area contributed by atoms with Gasteiger partial charge in [-0.3, -0.25) is 0 Å². The summed E-state index contributed by atoms with van der Waals surface area (Å²) in [6.07, 6.45) is 23.1. The molecule has 0 fully saturated rings. The fourth-order valence-electron chi connectivity index (χ4n) is 3.68. The molecular weight excluding hydrogens is 498 g/mol. The summed E-state index contributed by atoms with van der Waals surface area (Å²) < 4.78 is 0. The Morgan fingerprint density at radius 1 is 0.516 bits per heavy atom. The molecule has 0 amide bonds. The van der Waals surface area contributed by atoms with E-state index in [9.17, 15) is 0 Å². The third-order valence-electron chi connectivity index (χ3n) is 5.31. The third kappa shape index (κ3) is 12.5. The Labute approximate surface area is 220 Å². The molecule has 0 aliphatic heterocycles. The SMILES string of the molecule is C1=CCC(CCCc2ccccc2)=C1.C1=CCC(CCCc2ccccc2)=C1.Cl.Cl.[Zr]. The van der Waals surface area contributed by atoms with Crippen LogP contribution >= 0.6 is 24.8 Å². The molecule has 0 aromatic heterocycles. The van der Waals surface area contributed by atoms with E-state index >= 15 is 0 Å². The van der Waals surface area contributed by atoms with Gasteiger partial charge < -0.3 is 0 Å². The molecule has 0 heterocycles. The molecule has 2 aliphatic carbocycles. The Balaban J connectivity index is 0.000000529. The summed E-state index contributed by atoms with van der Waals surface area (Å²) in [5, 5.41) is 0. The van der Waals surface area contributed by atoms with Crippen molar-refractivity contribution in [2.45, 2.75) is 51.4 Å². The summed E-state index contributed by atoms with van der Waals surface area (Å²) >= 11 is 0. The van der Waals surface area contributed by atoms with Crippen LogP contribution in [0.2, 0.25) is 0 Å². The van der Waals surface area contributed by atoms with Crippen LogP contribution in [-0.2, 0) is 39.0 Å². The number of allylic oxidation sites excluding steroid dienone is 8. The first-order valence-electron chi connectivity index (χ1n) is 10.7. The molecule has 0 radical (unpaired) electrons. The van der Waals surface area contributed by atoms with E-state index in [4.69, 9.17) is 0 Å². The van der Waals surface area contributed by atoms with Gasteiger partial charge in [0.1, 0.15) is 0 Å². The summed E-state index contributed by atoms with van der Waals surface area (Å²) in [6.45, 7) is 0. The summed E-state index contributed by atoms with van der Waals surface area (Å²) in [7, 11) is 0. The van der Waals surface area contributed by atoms with E-state index < -0.39 is 0 Å². The number of halogens is 2.